The first-order valence-electron chi connectivity index (χ1n) is 9.27. The van der Waals surface area contributed by atoms with Crippen molar-refractivity contribution in [2.45, 2.75) is 45.8 Å². The molecule has 0 saturated carbocycles. The Labute approximate surface area is 166 Å². The minimum absolute atomic E-state index is 0.0589. The van der Waals surface area contributed by atoms with E-state index in [1.165, 1.54) is 11.3 Å². The van der Waals surface area contributed by atoms with Gasteiger partial charge in [0.15, 0.2) is 0 Å². The van der Waals surface area contributed by atoms with Gasteiger partial charge in [-0.2, -0.15) is 5.26 Å². The SMILES string of the molecule is Cc1c(C(=O)OCc2cccc(C#N)c2)sc2nc3n(c(=O)c12)CCCCC3. The number of aromatic nitrogens is 2. The molecule has 1 aromatic carbocycles. The van der Waals surface area contributed by atoms with Crippen LogP contribution in [0.25, 0.3) is 10.2 Å². The van der Waals surface area contributed by atoms with Crippen LogP contribution in [0, 0.1) is 18.3 Å². The topological polar surface area (TPSA) is 85.0 Å². The average molecular weight is 393 g/mol. The summed E-state index contributed by atoms with van der Waals surface area (Å²) >= 11 is 1.22. The number of aryl methyl sites for hydroxylation is 2. The fourth-order valence-corrected chi connectivity index (χ4v) is 4.63. The van der Waals surface area contributed by atoms with Crippen molar-refractivity contribution in [3.05, 3.63) is 62.0 Å². The Balaban J connectivity index is 1.64. The molecule has 1 aliphatic rings. The van der Waals surface area contributed by atoms with Crippen LogP contribution in [-0.2, 0) is 24.3 Å². The van der Waals surface area contributed by atoms with Crippen LogP contribution in [0.5, 0.6) is 0 Å². The number of nitriles is 1. The Bertz CT molecular complexity index is 1170. The molecule has 0 atom stereocenters. The zero-order valence-electron chi connectivity index (χ0n) is 15.5. The predicted octanol–water partition coefficient (Wildman–Crippen LogP) is 3.72. The van der Waals surface area contributed by atoms with Crippen molar-refractivity contribution in [1.29, 1.82) is 5.26 Å². The summed E-state index contributed by atoms with van der Waals surface area (Å²) < 4.78 is 7.20. The number of esters is 1. The number of carbonyl (C=O) groups excluding carboxylic acids is 1. The Kier molecular flexibility index (Phi) is 4.97. The Morgan fingerprint density at radius 3 is 3.04 bits per heavy atom. The summed E-state index contributed by atoms with van der Waals surface area (Å²) in [4.78, 5) is 31.3. The van der Waals surface area contributed by atoms with Gasteiger partial charge in [-0.3, -0.25) is 9.36 Å². The van der Waals surface area contributed by atoms with Crippen molar-refractivity contribution in [3.8, 4) is 6.07 Å². The first-order valence-corrected chi connectivity index (χ1v) is 10.1. The lowest BCUT2D eigenvalue weighted by atomic mass is 10.1. The van der Waals surface area contributed by atoms with Gasteiger partial charge in [-0.05, 0) is 43.0 Å². The van der Waals surface area contributed by atoms with Crippen molar-refractivity contribution < 1.29 is 9.53 Å². The summed E-state index contributed by atoms with van der Waals surface area (Å²) in [5.74, 6) is 0.340. The number of hydrogen-bond donors (Lipinski definition) is 0. The molecule has 28 heavy (non-hydrogen) atoms. The van der Waals surface area contributed by atoms with Crippen LogP contribution in [0.15, 0.2) is 29.1 Å². The largest absolute Gasteiger partial charge is 0.457 e. The van der Waals surface area contributed by atoms with Crippen LogP contribution in [0.1, 0.15) is 51.4 Å². The number of hydrogen-bond acceptors (Lipinski definition) is 6. The molecule has 1 aliphatic heterocycles. The third kappa shape index (κ3) is 3.32. The highest BCUT2D eigenvalue weighted by molar-refractivity contribution is 7.20. The molecule has 7 heteroatoms. The molecule has 0 saturated heterocycles. The molecule has 0 aliphatic carbocycles. The second kappa shape index (κ2) is 7.56. The van der Waals surface area contributed by atoms with Gasteiger partial charge in [-0.25, -0.2) is 9.78 Å². The smallest absolute Gasteiger partial charge is 0.349 e. The number of nitrogens with zero attached hydrogens (tertiary/aromatic N) is 3. The Morgan fingerprint density at radius 2 is 2.21 bits per heavy atom. The fraction of sp³-hybridized carbons (Fsp3) is 0.333. The molecule has 6 nitrogen and oxygen atoms in total. The van der Waals surface area contributed by atoms with Gasteiger partial charge in [0.1, 0.15) is 22.1 Å². The van der Waals surface area contributed by atoms with Crippen LogP contribution < -0.4 is 5.56 Å². The number of ether oxygens (including phenoxy) is 1. The second-order valence-corrected chi connectivity index (χ2v) is 7.92. The van der Waals surface area contributed by atoms with E-state index in [-0.39, 0.29) is 12.2 Å². The minimum atomic E-state index is -0.470. The predicted molar refractivity (Wildman–Crippen MR) is 106 cm³/mol. The van der Waals surface area contributed by atoms with Gasteiger partial charge >= 0.3 is 5.97 Å². The van der Waals surface area contributed by atoms with Gasteiger partial charge in [0.2, 0.25) is 0 Å². The number of fused-ring (bicyclic) bond motifs is 2. The molecule has 3 heterocycles. The number of carbonyl (C=O) groups is 1. The van der Waals surface area contributed by atoms with E-state index in [4.69, 9.17) is 10.00 Å². The van der Waals surface area contributed by atoms with E-state index < -0.39 is 5.97 Å². The molecule has 2 aromatic heterocycles. The highest BCUT2D eigenvalue weighted by Gasteiger charge is 2.23. The van der Waals surface area contributed by atoms with Crippen molar-refractivity contribution in [3.63, 3.8) is 0 Å². The molecule has 4 rings (SSSR count). The maximum Gasteiger partial charge on any atom is 0.349 e. The van der Waals surface area contributed by atoms with Crippen molar-refractivity contribution in [2.24, 2.45) is 0 Å². The van der Waals surface area contributed by atoms with Crippen molar-refractivity contribution in [2.75, 3.05) is 0 Å². The van der Waals surface area contributed by atoms with Crippen LogP contribution >= 0.6 is 11.3 Å². The third-order valence-corrected chi connectivity index (χ3v) is 6.19. The Hall–Kier alpha value is -2.98. The molecule has 0 N–H and O–H groups in total. The maximum absolute atomic E-state index is 13.0. The van der Waals surface area contributed by atoms with Crippen molar-refractivity contribution in [1.82, 2.24) is 9.55 Å². The van der Waals surface area contributed by atoms with Crippen LogP contribution in [-0.4, -0.2) is 15.5 Å². The van der Waals surface area contributed by atoms with E-state index >= 15 is 0 Å². The molecule has 0 spiro atoms. The minimum Gasteiger partial charge on any atom is -0.457 e. The summed E-state index contributed by atoms with van der Waals surface area (Å²) in [6, 6.07) is 9.01. The van der Waals surface area contributed by atoms with E-state index in [1.54, 1.807) is 35.8 Å². The molecule has 0 radical (unpaired) electrons. The van der Waals surface area contributed by atoms with Gasteiger partial charge in [0, 0.05) is 13.0 Å². The number of rotatable bonds is 3. The number of thiophene rings is 1. The van der Waals surface area contributed by atoms with E-state index in [9.17, 15) is 9.59 Å². The molecule has 0 amide bonds. The number of benzene rings is 1. The second-order valence-electron chi connectivity index (χ2n) is 6.92. The quantitative estimate of drug-likeness (QED) is 0.633. The lowest BCUT2D eigenvalue weighted by Gasteiger charge is -2.08. The van der Waals surface area contributed by atoms with Gasteiger partial charge in [-0.1, -0.05) is 18.6 Å². The maximum atomic E-state index is 13.0. The van der Waals surface area contributed by atoms with Crippen molar-refractivity contribution >= 4 is 27.5 Å². The molecule has 0 unspecified atom stereocenters. The monoisotopic (exact) mass is 393 g/mol. The summed E-state index contributed by atoms with van der Waals surface area (Å²) in [5.41, 5.74) is 1.84. The van der Waals surface area contributed by atoms with E-state index in [2.05, 4.69) is 11.1 Å². The fourth-order valence-electron chi connectivity index (χ4n) is 3.55. The highest BCUT2D eigenvalue weighted by Crippen LogP contribution is 2.29. The standard InChI is InChI=1S/C21H19N3O3S/c1-13-17-19(23-16-8-3-2-4-9-24(16)20(17)25)28-18(13)21(26)27-12-15-7-5-6-14(10-15)11-22/h5-7,10H,2-4,8-9,12H2,1H3. The molecular formula is C21H19N3O3S. The van der Waals surface area contributed by atoms with Gasteiger partial charge < -0.3 is 4.74 Å². The molecule has 142 valence electrons. The zero-order chi connectivity index (χ0) is 19.7. The first-order chi connectivity index (χ1) is 13.6. The highest BCUT2D eigenvalue weighted by atomic mass is 32.1. The van der Waals surface area contributed by atoms with Crippen LogP contribution in [0.3, 0.4) is 0 Å². The lowest BCUT2D eigenvalue weighted by Crippen LogP contribution is -2.24. The average Bonchev–Trinajstić information content (AvgIpc) is 2.88. The first kappa shape index (κ1) is 18.4. The van der Waals surface area contributed by atoms with Gasteiger partial charge in [0.05, 0.1) is 17.0 Å². The van der Waals surface area contributed by atoms with E-state index in [0.29, 0.717) is 32.8 Å². The molecular weight excluding hydrogens is 374 g/mol. The zero-order valence-corrected chi connectivity index (χ0v) is 16.3. The van der Waals surface area contributed by atoms with Gasteiger partial charge in [0.25, 0.3) is 5.56 Å². The molecule has 0 bridgehead atoms. The molecule has 3 aromatic rings. The summed E-state index contributed by atoms with van der Waals surface area (Å²) in [5, 5.41) is 9.50. The van der Waals surface area contributed by atoms with E-state index in [1.807, 2.05) is 0 Å². The third-order valence-electron chi connectivity index (χ3n) is 5.02. The molecule has 0 fully saturated rings. The summed E-state index contributed by atoms with van der Waals surface area (Å²) in [7, 11) is 0. The Morgan fingerprint density at radius 1 is 1.36 bits per heavy atom. The summed E-state index contributed by atoms with van der Waals surface area (Å²) in [6.45, 7) is 2.53. The van der Waals surface area contributed by atoms with E-state index in [0.717, 1.165) is 37.1 Å². The van der Waals surface area contributed by atoms with Crippen LogP contribution in [0.4, 0.5) is 0 Å². The van der Waals surface area contributed by atoms with Gasteiger partial charge in [-0.15, -0.1) is 11.3 Å². The summed E-state index contributed by atoms with van der Waals surface area (Å²) in [6.07, 6.45) is 3.88. The van der Waals surface area contributed by atoms with Crippen LogP contribution in [0.2, 0.25) is 0 Å². The lowest BCUT2D eigenvalue weighted by molar-refractivity contribution is 0.0478. The normalized spacial score (nSPS) is 13.6.